The standard InChI is InChI=1S/C20H26N4O2S/c1-22-13-4-6-14(7-5-13)26-19-18-17-12(9-15(10-21)25-2)3-8-16(17)27-20(18)24-11-23-19/h11-15,22H,3-9H2,1-2H3/t12-,13?,14?,15-/m1/s1. The first kappa shape index (κ1) is 18.6. The molecule has 2 atom stereocenters. The second kappa shape index (κ2) is 8.09. The first-order chi connectivity index (χ1) is 13.2. The van der Waals surface area contributed by atoms with E-state index in [-0.39, 0.29) is 12.2 Å². The first-order valence-electron chi connectivity index (χ1n) is 9.76. The molecule has 27 heavy (non-hydrogen) atoms. The van der Waals surface area contributed by atoms with Gasteiger partial charge in [0.2, 0.25) is 5.88 Å². The third-order valence-corrected chi connectivity index (χ3v) is 7.16. The van der Waals surface area contributed by atoms with E-state index >= 15 is 0 Å². The van der Waals surface area contributed by atoms with E-state index in [0.29, 0.717) is 18.4 Å². The van der Waals surface area contributed by atoms with Crippen LogP contribution >= 0.6 is 11.3 Å². The molecule has 1 N–H and O–H groups in total. The van der Waals surface area contributed by atoms with E-state index in [0.717, 1.165) is 54.6 Å². The van der Waals surface area contributed by atoms with Crippen LogP contribution in [0.5, 0.6) is 5.88 Å². The minimum Gasteiger partial charge on any atom is -0.474 e. The number of nitrogens with one attached hydrogen (secondary N) is 1. The zero-order valence-electron chi connectivity index (χ0n) is 15.9. The second-order valence-corrected chi connectivity index (χ2v) is 8.59. The van der Waals surface area contributed by atoms with Gasteiger partial charge in [0, 0.05) is 18.0 Å². The van der Waals surface area contributed by atoms with Gasteiger partial charge >= 0.3 is 0 Å². The van der Waals surface area contributed by atoms with E-state index in [2.05, 4.69) is 21.4 Å². The van der Waals surface area contributed by atoms with Gasteiger partial charge in [0.1, 0.15) is 23.4 Å². The molecule has 1 saturated carbocycles. The van der Waals surface area contributed by atoms with Crippen LogP contribution in [-0.2, 0) is 11.2 Å². The first-order valence-corrected chi connectivity index (χ1v) is 10.6. The van der Waals surface area contributed by atoms with Crippen molar-refractivity contribution in [3.63, 3.8) is 0 Å². The van der Waals surface area contributed by atoms with Crippen LogP contribution in [0, 0.1) is 11.3 Å². The summed E-state index contributed by atoms with van der Waals surface area (Å²) in [4.78, 5) is 11.4. The lowest BCUT2D eigenvalue weighted by Gasteiger charge is -2.28. The molecule has 0 bridgehead atoms. The van der Waals surface area contributed by atoms with Gasteiger partial charge in [-0.2, -0.15) is 5.26 Å². The van der Waals surface area contributed by atoms with Gasteiger partial charge in [-0.1, -0.05) is 0 Å². The molecule has 144 valence electrons. The minimum atomic E-state index is -0.373. The number of thiophene rings is 1. The summed E-state index contributed by atoms with van der Waals surface area (Å²) in [6, 6.07) is 2.85. The molecule has 2 aromatic rings. The average molecular weight is 387 g/mol. The maximum absolute atomic E-state index is 9.28. The van der Waals surface area contributed by atoms with Crippen molar-refractivity contribution in [1.29, 1.82) is 5.26 Å². The molecule has 0 amide bonds. The van der Waals surface area contributed by atoms with Crippen LogP contribution in [0.1, 0.15) is 54.9 Å². The highest BCUT2D eigenvalue weighted by molar-refractivity contribution is 7.19. The third-order valence-electron chi connectivity index (χ3n) is 5.98. The van der Waals surface area contributed by atoms with E-state index in [4.69, 9.17) is 9.47 Å². The van der Waals surface area contributed by atoms with Gasteiger partial charge in [0.25, 0.3) is 0 Å². The highest BCUT2D eigenvalue weighted by Gasteiger charge is 2.32. The van der Waals surface area contributed by atoms with Crippen LogP contribution in [0.4, 0.5) is 0 Å². The molecule has 0 saturated heterocycles. The van der Waals surface area contributed by atoms with E-state index in [1.165, 1.54) is 10.4 Å². The molecule has 0 radical (unpaired) electrons. The lowest BCUT2D eigenvalue weighted by Crippen LogP contribution is -2.34. The van der Waals surface area contributed by atoms with Crippen molar-refractivity contribution in [3.8, 4) is 11.9 Å². The van der Waals surface area contributed by atoms with Crippen LogP contribution in [-0.4, -0.2) is 42.4 Å². The number of nitriles is 1. The number of aryl methyl sites for hydroxylation is 1. The SMILES string of the molecule is CNC1CCC(Oc2ncnc3sc4c(c23)[C@@H](C[C@H](C#N)OC)CC4)CC1. The molecule has 2 aliphatic carbocycles. The van der Waals surface area contributed by atoms with Crippen LogP contribution in [0.15, 0.2) is 6.33 Å². The van der Waals surface area contributed by atoms with Gasteiger partial charge in [-0.05, 0) is 63.5 Å². The fourth-order valence-corrected chi connectivity index (χ4v) is 5.68. The number of rotatable bonds is 6. The Kier molecular flexibility index (Phi) is 5.58. The van der Waals surface area contributed by atoms with Crippen molar-refractivity contribution in [2.45, 2.75) is 69.1 Å². The summed E-state index contributed by atoms with van der Waals surface area (Å²) in [5.74, 6) is 1.04. The molecular weight excluding hydrogens is 360 g/mol. The van der Waals surface area contributed by atoms with E-state index in [1.54, 1.807) is 24.8 Å². The average Bonchev–Trinajstić information content (AvgIpc) is 3.26. The van der Waals surface area contributed by atoms with Crippen molar-refractivity contribution >= 4 is 21.6 Å². The number of methoxy groups -OCH3 is 1. The fourth-order valence-electron chi connectivity index (χ4n) is 4.45. The molecule has 1 fully saturated rings. The van der Waals surface area contributed by atoms with Crippen LogP contribution in [0.3, 0.4) is 0 Å². The van der Waals surface area contributed by atoms with Gasteiger partial charge in [-0.3, -0.25) is 0 Å². The smallest absolute Gasteiger partial charge is 0.225 e. The van der Waals surface area contributed by atoms with Crippen molar-refractivity contribution < 1.29 is 9.47 Å². The Bertz CT molecular complexity index is 838. The number of fused-ring (bicyclic) bond motifs is 3. The fraction of sp³-hybridized carbons (Fsp3) is 0.650. The highest BCUT2D eigenvalue weighted by atomic mass is 32.1. The monoisotopic (exact) mass is 386 g/mol. The Morgan fingerprint density at radius 3 is 2.81 bits per heavy atom. The largest absolute Gasteiger partial charge is 0.474 e. The third kappa shape index (κ3) is 3.66. The molecule has 7 heteroatoms. The summed E-state index contributed by atoms with van der Waals surface area (Å²) in [6.07, 6.45) is 8.64. The van der Waals surface area contributed by atoms with Crippen molar-refractivity contribution in [3.05, 3.63) is 16.8 Å². The molecule has 2 heterocycles. The summed E-state index contributed by atoms with van der Waals surface area (Å²) in [5.41, 5.74) is 1.30. The van der Waals surface area contributed by atoms with Crippen molar-refractivity contribution in [2.75, 3.05) is 14.2 Å². The molecule has 4 rings (SSSR count). The predicted molar refractivity (Wildman–Crippen MR) is 105 cm³/mol. The maximum atomic E-state index is 9.28. The Morgan fingerprint density at radius 2 is 2.11 bits per heavy atom. The summed E-state index contributed by atoms with van der Waals surface area (Å²) < 4.78 is 11.7. The lowest BCUT2D eigenvalue weighted by atomic mass is 9.93. The van der Waals surface area contributed by atoms with Crippen molar-refractivity contribution in [1.82, 2.24) is 15.3 Å². The number of ether oxygens (including phenoxy) is 2. The number of aromatic nitrogens is 2. The summed E-state index contributed by atoms with van der Waals surface area (Å²) in [6.45, 7) is 0. The quantitative estimate of drug-likeness (QED) is 0.818. The number of nitrogens with zero attached hydrogens (tertiary/aromatic N) is 3. The number of hydrogen-bond donors (Lipinski definition) is 1. The molecule has 2 aliphatic rings. The summed E-state index contributed by atoms with van der Waals surface area (Å²) >= 11 is 1.75. The zero-order chi connectivity index (χ0) is 18.8. The Hall–Kier alpha value is -1.75. The molecule has 2 aromatic heterocycles. The molecule has 0 aliphatic heterocycles. The Labute approximate surface area is 163 Å². The Balaban J connectivity index is 1.61. The summed E-state index contributed by atoms with van der Waals surface area (Å²) in [7, 11) is 3.64. The zero-order valence-corrected chi connectivity index (χ0v) is 16.7. The van der Waals surface area contributed by atoms with Gasteiger partial charge in [-0.25, -0.2) is 9.97 Å². The van der Waals surface area contributed by atoms with E-state index in [9.17, 15) is 5.26 Å². The topological polar surface area (TPSA) is 80.1 Å². The molecule has 0 spiro atoms. The summed E-state index contributed by atoms with van der Waals surface area (Å²) in [5, 5.41) is 13.7. The molecular formula is C20H26N4O2S. The van der Waals surface area contributed by atoms with Gasteiger partial charge in [0.05, 0.1) is 11.5 Å². The number of hydrogen-bond acceptors (Lipinski definition) is 7. The maximum Gasteiger partial charge on any atom is 0.225 e. The van der Waals surface area contributed by atoms with Gasteiger partial charge in [-0.15, -0.1) is 11.3 Å². The lowest BCUT2D eigenvalue weighted by molar-refractivity contribution is 0.132. The van der Waals surface area contributed by atoms with Gasteiger partial charge in [0.15, 0.2) is 0 Å². The van der Waals surface area contributed by atoms with Crippen molar-refractivity contribution in [2.24, 2.45) is 0 Å². The highest BCUT2D eigenvalue weighted by Crippen LogP contribution is 2.47. The van der Waals surface area contributed by atoms with Crippen LogP contribution in [0.25, 0.3) is 10.2 Å². The molecule has 6 nitrogen and oxygen atoms in total. The van der Waals surface area contributed by atoms with Crippen LogP contribution in [0.2, 0.25) is 0 Å². The minimum absolute atomic E-state index is 0.217. The molecule has 0 unspecified atom stereocenters. The normalized spacial score (nSPS) is 25.9. The van der Waals surface area contributed by atoms with Gasteiger partial charge < -0.3 is 14.8 Å². The molecule has 0 aromatic carbocycles. The Morgan fingerprint density at radius 1 is 1.30 bits per heavy atom. The van der Waals surface area contributed by atoms with E-state index < -0.39 is 0 Å². The predicted octanol–water partition coefficient (Wildman–Crippen LogP) is 3.56. The second-order valence-electron chi connectivity index (χ2n) is 7.50. The van der Waals surface area contributed by atoms with E-state index in [1.807, 2.05) is 7.05 Å². The van der Waals surface area contributed by atoms with Crippen LogP contribution < -0.4 is 10.1 Å².